The van der Waals surface area contributed by atoms with Gasteiger partial charge in [-0.3, -0.25) is 0 Å². The molecule has 1 unspecified atom stereocenters. The Morgan fingerprint density at radius 1 is 1.75 bits per heavy atom. The molecular formula is C7H13N. The average Bonchev–Trinajstić information content (AvgIpc) is 1.63. The summed E-state index contributed by atoms with van der Waals surface area (Å²) >= 11 is 0. The number of nitrogens with one attached hydrogen (secondary N) is 1. The lowest BCUT2D eigenvalue weighted by Crippen LogP contribution is -2.14. The first-order chi connectivity index (χ1) is 3.93. The van der Waals surface area contributed by atoms with Crippen molar-refractivity contribution in [3.05, 3.63) is 12.2 Å². The van der Waals surface area contributed by atoms with Gasteiger partial charge < -0.3 is 5.32 Å². The Bertz CT molecular complexity index is 86.4. The van der Waals surface area contributed by atoms with Gasteiger partial charge in [0, 0.05) is 0 Å². The molecule has 1 atom stereocenters. The molecule has 0 heterocycles. The Labute approximate surface area is 50.8 Å². The fourth-order valence-corrected chi connectivity index (χ4v) is 0.872. The zero-order chi connectivity index (χ0) is 5.82. The zero-order valence-corrected chi connectivity index (χ0v) is 5.35. The summed E-state index contributed by atoms with van der Waals surface area (Å²) in [6, 6.07) is 0. The number of allylic oxidation sites excluding steroid dienone is 2. The van der Waals surface area contributed by atoms with Crippen molar-refractivity contribution in [2.24, 2.45) is 5.92 Å². The second-order valence-electron chi connectivity index (χ2n) is 2.32. The van der Waals surface area contributed by atoms with Crippen molar-refractivity contribution < 1.29 is 0 Å². The van der Waals surface area contributed by atoms with Crippen LogP contribution in [0.15, 0.2) is 12.2 Å². The second kappa shape index (κ2) is 2.88. The van der Waals surface area contributed by atoms with Gasteiger partial charge in [-0.1, -0.05) is 12.2 Å². The molecule has 0 aromatic rings. The molecule has 0 bridgehead atoms. The van der Waals surface area contributed by atoms with E-state index < -0.39 is 0 Å². The Kier molecular flexibility index (Phi) is 2.10. The first-order valence-corrected chi connectivity index (χ1v) is 3.24. The first kappa shape index (κ1) is 5.83. The monoisotopic (exact) mass is 111 g/mol. The van der Waals surface area contributed by atoms with Gasteiger partial charge in [0.2, 0.25) is 0 Å². The van der Waals surface area contributed by atoms with E-state index in [1.807, 2.05) is 7.05 Å². The number of hydrogen-bond donors (Lipinski definition) is 1. The molecule has 0 aliphatic heterocycles. The van der Waals surface area contributed by atoms with Crippen LogP contribution in [-0.4, -0.2) is 13.6 Å². The summed E-state index contributed by atoms with van der Waals surface area (Å²) in [7, 11) is 2.00. The van der Waals surface area contributed by atoms with Crippen LogP contribution in [-0.2, 0) is 0 Å². The molecule has 1 rings (SSSR count). The van der Waals surface area contributed by atoms with Gasteiger partial charge in [0.25, 0.3) is 0 Å². The van der Waals surface area contributed by atoms with Crippen LogP contribution in [0.25, 0.3) is 0 Å². The van der Waals surface area contributed by atoms with Gasteiger partial charge in [0.15, 0.2) is 0 Å². The summed E-state index contributed by atoms with van der Waals surface area (Å²) in [6.45, 7) is 1.16. The third-order valence-corrected chi connectivity index (χ3v) is 1.61. The van der Waals surface area contributed by atoms with Crippen LogP contribution in [0.1, 0.15) is 12.8 Å². The summed E-state index contributed by atoms with van der Waals surface area (Å²) in [6.07, 6.45) is 7.15. The molecule has 1 nitrogen and oxygen atoms in total. The van der Waals surface area contributed by atoms with Gasteiger partial charge in [0.1, 0.15) is 0 Å². The molecule has 1 N–H and O–H groups in total. The normalized spacial score (nSPS) is 25.4. The Morgan fingerprint density at radius 3 is 2.88 bits per heavy atom. The van der Waals surface area contributed by atoms with Crippen LogP contribution < -0.4 is 5.32 Å². The standard InChI is InChI=1S/C7H13N/c1-8-6-5-7-3-2-4-7/h2-3,7-8H,4-6H2,1H3. The highest BCUT2D eigenvalue weighted by molar-refractivity contribution is 5.01. The van der Waals surface area contributed by atoms with Gasteiger partial charge in [0.05, 0.1) is 0 Å². The van der Waals surface area contributed by atoms with E-state index in [2.05, 4.69) is 17.5 Å². The SMILES string of the molecule is CNCCC1C=CC1. The van der Waals surface area contributed by atoms with E-state index in [1.54, 1.807) is 0 Å². The Hall–Kier alpha value is -0.300. The van der Waals surface area contributed by atoms with Crippen molar-refractivity contribution >= 4 is 0 Å². The highest BCUT2D eigenvalue weighted by Crippen LogP contribution is 2.19. The average molecular weight is 111 g/mol. The van der Waals surface area contributed by atoms with E-state index in [9.17, 15) is 0 Å². The maximum Gasteiger partial charge on any atom is -0.00462 e. The third-order valence-electron chi connectivity index (χ3n) is 1.61. The molecule has 0 fully saturated rings. The molecule has 0 amide bonds. The summed E-state index contributed by atoms with van der Waals surface area (Å²) in [5.74, 6) is 0.891. The van der Waals surface area contributed by atoms with Crippen molar-refractivity contribution in [1.29, 1.82) is 0 Å². The molecular weight excluding hydrogens is 98.1 g/mol. The maximum atomic E-state index is 3.13. The summed E-state index contributed by atoms with van der Waals surface area (Å²) in [4.78, 5) is 0. The molecule has 0 spiro atoms. The third kappa shape index (κ3) is 1.34. The van der Waals surface area contributed by atoms with Crippen LogP contribution in [0, 0.1) is 5.92 Å². The maximum absolute atomic E-state index is 3.13. The lowest BCUT2D eigenvalue weighted by Gasteiger charge is -2.16. The minimum absolute atomic E-state index is 0.891. The molecule has 1 heteroatoms. The molecule has 0 saturated carbocycles. The summed E-state index contributed by atoms with van der Waals surface area (Å²) in [5.41, 5.74) is 0. The summed E-state index contributed by atoms with van der Waals surface area (Å²) in [5, 5.41) is 3.13. The Morgan fingerprint density at radius 2 is 2.50 bits per heavy atom. The Balaban J connectivity index is 1.95. The van der Waals surface area contributed by atoms with Crippen molar-refractivity contribution in [2.75, 3.05) is 13.6 Å². The fourth-order valence-electron chi connectivity index (χ4n) is 0.872. The highest BCUT2D eigenvalue weighted by Gasteiger charge is 2.07. The molecule has 0 aromatic heterocycles. The first-order valence-electron chi connectivity index (χ1n) is 3.24. The van der Waals surface area contributed by atoms with E-state index in [1.165, 1.54) is 12.8 Å². The molecule has 1 aliphatic rings. The lowest BCUT2D eigenvalue weighted by atomic mass is 9.92. The van der Waals surface area contributed by atoms with Crippen LogP contribution in [0.4, 0.5) is 0 Å². The van der Waals surface area contributed by atoms with E-state index in [0.29, 0.717) is 0 Å². The van der Waals surface area contributed by atoms with E-state index >= 15 is 0 Å². The predicted octanol–water partition coefficient (Wildman–Crippen LogP) is 1.17. The van der Waals surface area contributed by atoms with E-state index in [-0.39, 0.29) is 0 Å². The van der Waals surface area contributed by atoms with Crippen molar-refractivity contribution in [3.63, 3.8) is 0 Å². The number of rotatable bonds is 3. The molecule has 1 aliphatic carbocycles. The fraction of sp³-hybridized carbons (Fsp3) is 0.714. The van der Waals surface area contributed by atoms with Crippen LogP contribution >= 0.6 is 0 Å². The molecule has 8 heavy (non-hydrogen) atoms. The van der Waals surface area contributed by atoms with Crippen molar-refractivity contribution in [1.82, 2.24) is 5.32 Å². The predicted molar refractivity (Wildman–Crippen MR) is 35.8 cm³/mol. The van der Waals surface area contributed by atoms with Gasteiger partial charge in [-0.05, 0) is 32.4 Å². The minimum atomic E-state index is 0.891. The smallest absolute Gasteiger partial charge is 0.00462 e. The van der Waals surface area contributed by atoms with Crippen LogP contribution in [0.3, 0.4) is 0 Å². The van der Waals surface area contributed by atoms with Gasteiger partial charge in [-0.2, -0.15) is 0 Å². The van der Waals surface area contributed by atoms with Crippen LogP contribution in [0.5, 0.6) is 0 Å². The molecule has 0 aromatic carbocycles. The largest absolute Gasteiger partial charge is 0.320 e. The van der Waals surface area contributed by atoms with Crippen molar-refractivity contribution in [2.45, 2.75) is 12.8 Å². The van der Waals surface area contributed by atoms with E-state index in [4.69, 9.17) is 0 Å². The van der Waals surface area contributed by atoms with Gasteiger partial charge in [-0.25, -0.2) is 0 Å². The minimum Gasteiger partial charge on any atom is -0.320 e. The summed E-state index contributed by atoms with van der Waals surface area (Å²) < 4.78 is 0. The molecule has 0 radical (unpaired) electrons. The highest BCUT2D eigenvalue weighted by atomic mass is 14.8. The van der Waals surface area contributed by atoms with Gasteiger partial charge >= 0.3 is 0 Å². The number of hydrogen-bond acceptors (Lipinski definition) is 1. The quantitative estimate of drug-likeness (QED) is 0.539. The second-order valence-corrected chi connectivity index (χ2v) is 2.32. The molecule has 0 saturated heterocycles. The zero-order valence-electron chi connectivity index (χ0n) is 5.35. The van der Waals surface area contributed by atoms with E-state index in [0.717, 1.165) is 12.5 Å². The van der Waals surface area contributed by atoms with Gasteiger partial charge in [-0.15, -0.1) is 0 Å². The topological polar surface area (TPSA) is 12.0 Å². The molecule has 46 valence electrons. The lowest BCUT2D eigenvalue weighted by molar-refractivity contribution is 0.538. The van der Waals surface area contributed by atoms with Crippen molar-refractivity contribution in [3.8, 4) is 0 Å². The van der Waals surface area contributed by atoms with Crippen LogP contribution in [0.2, 0.25) is 0 Å².